The number of aliphatic imine (C=N–C) groups is 2. The molecule has 8 unspecified atom stereocenters. The maximum atomic E-state index is 5.62. The summed E-state index contributed by atoms with van der Waals surface area (Å²) in [5.41, 5.74) is 13.7. The van der Waals surface area contributed by atoms with Crippen LogP contribution in [0.2, 0.25) is 0 Å². The van der Waals surface area contributed by atoms with Gasteiger partial charge in [0.15, 0.2) is 6.17 Å². The Hall–Kier alpha value is -7.82. The van der Waals surface area contributed by atoms with Crippen LogP contribution in [0.3, 0.4) is 0 Å². The van der Waals surface area contributed by atoms with Crippen molar-refractivity contribution in [2.24, 2.45) is 33.7 Å². The highest BCUT2D eigenvalue weighted by molar-refractivity contribution is 6.14. The predicted octanol–water partition coefficient (Wildman–Crippen LogP) is 13.7. The molecule has 0 radical (unpaired) electrons. The number of hydrogen-bond donors (Lipinski definition) is 1. The maximum absolute atomic E-state index is 5.62. The Morgan fingerprint density at radius 1 is 0.634 bits per heavy atom. The Balaban J connectivity index is 0.890. The topological polar surface area (TPSA) is 41.7 Å². The van der Waals surface area contributed by atoms with Gasteiger partial charge in [0.25, 0.3) is 0 Å². The van der Waals surface area contributed by atoms with Crippen molar-refractivity contribution < 1.29 is 0 Å². The Kier molecular flexibility index (Phi) is 9.46. The van der Waals surface area contributed by atoms with Crippen LogP contribution in [0.15, 0.2) is 238 Å². The molecule has 5 aromatic carbocycles. The largest absolute Gasteiger partial charge is 0.332 e. The summed E-state index contributed by atoms with van der Waals surface area (Å²) in [6, 6.07) is 36.4. The average Bonchev–Trinajstić information content (AvgIpc) is 3.76. The molecule has 1 aliphatic heterocycles. The van der Waals surface area contributed by atoms with Crippen LogP contribution in [0.5, 0.6) is 0 Å². The lowest BCUT2D eigenvalue weighted by Crippen LogP contribution is -2.41. The zero-order valence-electron chi connectivity index (χ0n) is 39.7. The van der Waals surface area contributed by atoms with Gasteiger partial charge in [-0.3, -0.25) is 0 Å². The first-order valence-electron chi connectivity index (χ1n) is 26.0. The molecule has 4 heteroatoms. The average molecular weight is 915 g/mol. The van der Waals surface area contributed by atoms with E-state index in [1.165, 1.54) is 82.0 Å². The predicted molar refractivity (Wildman–Crippen MR) is 295 cm³/mol. The van der Waals surface area contributed by atoms with Crippen molar-refractivity contribution in [2.75, 3.05) is 0 Å². The molecule has 0 saturated heterocycles. The van der Waals surface area contributed by atoms with Gasteiger partial charge in [-0.15, -0.1) is 0 Å². The first kappa shape index (κ1) is 41.0. The van der Waals surface area contributed by atoms with Crippen LogP contribution in [0.1, 0.15) is 72.0 Å². The summed E-state index contributed by atoms with van der Waals surface area (Å²) in [4.78, 5) is 11.1. The molecule has 6 aromatic rings. The van der Waals surface area contributed by atoms with E-state index in [0.717, 1.165) is 54.9 Å². The minimum Gasteiger partial charge on any atom is -0.332 e. The smallest absolute Gasteiger partial charge is 0.170 e. The number of nitrogens with zero attached hydrogens (tertiary/aromatic N) is 3. The molecular weight excluding hydrogens is 861 g/mol. The SMILES string of the molecule is C1=CCC2C=c3c(n(C4C=CC(C5=NC(c6cc7ccccc7c7ccccc67)N=C(C6C=CC=CC6)N5)=C5C=CC=CC54)c4cccc(C5Cc6ccccc6C6C=C7C=CCCC7=CC65)c34)=CC2=C1. The molecule has 8 atom stereocenters. The zero-order valence-corrected chi connectivity index (χ0v) is 39.7. The summed E-state index contributed by atoms with van der Waals surface area (Å²) in [6.45, 7) is 0. The molecule has 4 nitrogen and oxygen atoms in total. The van der Waals surface area contributed by atoms with Crippen LogP contribution in [-0.2, 0) is 6.42 Å². The van der Waals surface area contributed by atoms with Crippen molar-refractivity contribution in [2.45, 2.75) is 56.1 Å². The lowest BCUT2D eigenvalue weighted by Gasteiger charge is -2.41. The third-order valence-corrected chi connectivity index (χ3v) is 17.1. The minimum absolute atomic E-state index is 0.0394. The molecule has 342 valence electrons. The fraction of sp³-hybridized carbons (Fsp3) is 0.194. The summed E-state index contributed by atoms with van der Waals surface area (Å²) in [5, 5.41) is 12.9. The van der Waals surface area contributed by atoms with Crippen LogP contribution in [0.4, 0.5) is 0 Å². The molecule has 2 heterocycles. The first-order chi connectivity index (χ1) is 35.2. The summed E-state index contributed by atoms with van der Waals surface area (Å²) in [7, 11) is 0. The van der Waals surface area contributed by atoms with Crippen molar-refractivity contribution in [3.63, 3.8) is 0 Å². The first-order valence-corrected chi connectivity index (χ1v) is 26.0. The molecule has 0 bridgehead atoms. The highest BCUT2D eigenvalue weighted by Crippen LogP contribution is 2.52. The second-order valence-corrected chi connectivity index (χ2v) is 20.9. The molecule has 8 aliphatic carbocycles. The van der Waals surface area contributed by atoms with Crippen LogP contribution >= 0.6 is 0 Å². The van der Waals surface area contributed by atoms with E-state index in [1.54, 1.807) is 0 Å². The van der Waals surface area contributed by atoms with E-state index in [-0.39, 0.29) is 17.9 Å². The number of hydrogen-bond acceptors (Lipinski definition) is 3. The molecular formula is C67H54N4. The number of fused-ring (bicyclic) bond motifs is 12. The zero-order chi connectivity index (χ0) is 46.6. The van der Waals surface area contributed by atoms with Gasteiger partial charge in [0.05, 0.1) is 6.04 Å². The molecule has 0 spiro atoms. The molecule has 0 fully saturated rings. The number of rotatable bonds is 5. The van der Waals surface area contributed by atoms with Gasteiger partial charge in [-0.2, -0.15) is 0 Å². The molecule has 1 N–H and O–H groups in total. The van der Waals surface area contributed by atoms with Crippen LogP contribution in [-0.4, -0.2) is 16.2 Å². The van der Waals surface area contributed by atoms with Gasteiger partial charge in [-0.05, 0) is 123 Å². The fourth-order valence-corrected chi connectivity index (χ4v) is 13.8. The van der Waals surface area contributed by atoms with E-state index >= 15 is 0 Å². The van der Waals surface area contributed by atoms with Crippen molar-refractivity contribution in [1.82, 2.24) is 9.88 Å². The van der Waals surface area contributed by atoms with Crippen LogP contribution in [0, 0.1) is 23.7 Å². The summed E-state index contributed by atoms with van der Waals surface area (Å²) in [5.74, 6) is 3.53. The van der Waals surface area contributed by atoms with Crippen LogP contribution < -0.4 is 15.9 Å². The van der Waals surface area contributed by atoms with Crippen molar-refractivity contribution in [1.29, 1.82) is 0 Å². The van der Waals surface area contributed by atoms with Gasteiger partial charge < -0.3 is 9.88 Å². The van der Waals surface area contributed by atoms with Gasteiger partial charge in [0.1, 0.15) is 11.7 Å². The van der Waals surface area contributed by atoms with E-state index in [2.05, 4.69) is 222 Å². The van der Waals surface area contributed by atoms with E-state index in [1.807, 2.05) is 0 Å². The minimum atomic E-state index is -0.409. The van der Waals surface area contributed by atoms with E-state index in [4.69, 9.17) is 9.98 Å². The number of allylic oxidation sites excluding steroid dienone is 19. The molecule has 0 amide bonds. The van der Waals surface area contributed by atoms with E-state index in [0.29, 0.717) is 23.7 Å². The lowest BCUT2D eigenvalue weighted by atomic mass is 9.63. The Labute approximate surface area is 415 Å². The third kappa shape index (κ3) is 6.57. The molecule has 9 aliphatic rings. The number of aromatic nitrogens is 1. The summed E-state index contributed by atoms with van der Waals surface area (Å²) < 4.78 is 2.71. The highest BCUT2D eigenvalue weighted by atomic mass is 15.2. The molecule has 15 rings (SSSR count). The second kappa shape index (κ2) is 16.4. The molecule has 71 heavy (non-hydrogen) atoms. The maximum Gasteiger partial charge on any atom is 0.170 e. The number of amidine groups is 2. The highest BCUT2D eigenvalue weighted by Gasteiger charge is 2.40. The van der Waals surface area contributed by atoms with Gasteiger partial charge >= 0.3 is 0 Å². The lowest BCUT2D eigenvalue weighted by molar-refractivity contribution is 0.427. The van der Waals surface area contributed by atoms with E-state index in [9.17, 15) is 0 Å². The van der Waals surface area contributed by atoms with E-state index < -0.39 is 6.17 Å². The quantitative estimate of drug-likeness (QED) is 0.172. The Bertz CT molecular complexity index is 3880. The van der Waals surface area contributed by atoms with Gasteiger partial charge in [-0.25, -0.2) is 9.98 Å². The third-order valence-electron chi connectivity index (χ3n) is 17.1. The monoisotopic (exact) mass is 914 g/mol. The standard InChI is InChI=1S/C67H54N4/c1-2-17-41(18-3-1)65-68-66(70-67(69-65)59-39-47-24-8-10-25-48(47)50-27-12-13-28-51(50)59)55-33-34-61(53-30-15-14-29-52(53)55)71-62-32-16-31-54(64(62)60-37-44-21-6-7-22-45(44)40-63(60)71)57-38-46-23-9-11-26-49(46)56-35-42-19-4-5-20-43(42)36-58(56)57/h1-4,6-17,19,22-37,39-41,44,53,56-58,61,67H,5,18,20-21,38H2,(H,68,69,70). The van der Waals surface area contributed by atoms with Gasteiger partial charge in [0.2, 0.25) is 0 Å². The van der Waals surface area contributed by atoms with Crippen molar-refractivity contribution in [3.8, 4) is 0 Å². The number of benzene rings is 5. The Morgan fingerprint density at radius 3 is 2.42 bits per heavy atom. The Morgan fingerprint density at radius 2 is 1.48 bits per heavy atom. The van der Waals surface area contributed by atoms with Crippen molar-refractivity contribution in [3.05, 3.63) is 261 Å². The summed E-state index contributed by atoms with van der Waals surface area (Å²) in [6.07, 6.45) is 49.9. The van der Waals surface area contributed by atoms with Gasteiger partial charge in [0, 0.05) is 56.3 Å². The summed E-state index contributed by atoms with van der Waals surface area (Å²) >= 11 is 0. The number of nitrogens with one attached hydrogen (secondary N) is 1. The normalized spacial score (nSPS) is 27.5. The van der Waals surface area contributed by atoms with Crippen molar-refractivity contribution >= 4 is 56.3 Å². The molecule has 0 saturated carbocycles. The fourth-order valence-electron chi connectivity index (χ4n) is 13.8. The second-order valence-electron chi connectivity index (χ2n) is 20.9. The van der Waals surface area contributed by atoms with Gasteiger partial charge in [-0.1, -0.05) is 194 Å². The molecule has 1 aromatic heterocycles. The van der Waals surface area contributed by atoms with Crippen LogP contribution in [0.25, 0.3) is 44.6 Å².